The number of pyridine rings is 1. The average molecular weight is 457 g/mol. The van der Waals surface area contributed by atoms with Crippen LogP contribution in [0.5, 0.6) is 11.5 Å². The first-order valence-electron chi connectivity index (χ1n) is 8.78. The fourth-order valence-corrected chi connectivity index (χ4v) is 2.98. The first-order chi connectivity index (χ1) is 15.0. The van der Waals surface area contributed by atoms with Crippen LogP contribution in [0.1, 0.15) is 10.4 Å². The highest BCUT2D eigenvalue weighted by atomic mass is 19.4. The van der Waals surface area contributed by atoms with Crippen molar-refractivity contribution in [3.8, 4) is 33.9 Å². The molecule has 0 bridgehead atoms. The molecule has 3 aromatic rings. The monoisotopic (exact) mass is 457 g/mol. The number of rotatable bonds is 5. The van der Waals surface area contributed by atoms with Gasteiger partial charge in [0.2, 0.25) is 0 Å². The Morgan fingerprint density at radius 2 is 1.28 bits per heavy atom. The van der Waals surface area contributed by atoms with Crippen molar-refractivity contribution in [3.05, 3.63) is 66.4 Å². The molecule has 0 aliphatic carbocycles. The Kier molecular flexibility index (Phi) is 6.28. The normalized spacial score (nSPS) is 11.7. The number of alkyl halides is 6. The molecule has 0 aliphatic rings. The minimum absolute atomic E-state index is 0.215. The number of esters is 1. The molecule has 1 aromatic heterocycles. The van der Waals surface area contributed by atoms with Gasteiger partial charge in [0, 0.05) is 22.9 Å². The van der Waals surface area contributed by atoms with E-state index in [9.17, 15) is 31.1 Å². The smallest absolute Gasteiger partial charge is 0.465 e. The van der Waals surface area contributed by atoms with Gasteiger partial charge in [-0.25, -0.2) is 4.79 Å². The lowest BCUT2D eigenvalue weighted by Crippen LogP contribution is -2.18. The number of carbonyl (C=O) groups excluding carboxylic acids is 1. The van der Waals surface area contributed by atoms with Crippen LogP contribution in [0.25, 0.3) is 22.4 Å². The second-order valence-corrected chi connectivity index (χ2v) is 6.16. The third-order valence-corrected chi connectivity index (χ3v) is 4.11. The summed E-state index contributed by atoms with van der Waals surface area (Å²) in [6.07, 6.45) is -9.00. The Balaban J connectivity index is 2.33. The van der Waals surface area contributed by atoms with Crippen molar-refractivity contribution in [3.63, 3.8) is 0 Å². The maximum atomic E-state index is 13.0. The van der Waals surface area contributed by atoms with Crippen molar-refractivity contribution in [2.45, 2.75) is 12.7 Å². The summed E-state index contributed by atoms with van der Waals surface area (Å²) in [5, 5.41) is 0. The number of carbonyl (C=O) groups is 1. The van der Waals surface area contributed by atoms with Gasteiger partial charge in [0.15, 0.2) is 0 Å². The Bertz CT molecular complexity index is 1130. The predicted octanol–water partition coefficient (Wildman–Crippen LogP) is 6.00. The van der Waals surface area contributed by atoms with Crippen LogP contribution >= 0.6 is 0 Å². The van der Waals surface area contributed by atoms with Crippen LogP contribution in [-0.2, 0) is 4.74 Å². The first-order valence-corrected chi connectivity index (χ1v) is 8.78. The number of hydrogen-bond acceptors (Lipinski definition) is 5. The summed E-state index contributed by atoms with van der Waals surface area (Å²) in [5.41, 5.74) is -1.16. The molecule has 0 fully saturated rings. The molecule has 0 N–H and O–H groups in total. The van der Waals surface area contributed by atoms with Crippen molar-refractivity contribution >= 4 is 5.97 Å². The van der Waals surface area contributed by atoms with Crippen LogP contribution in [0, 0.1) is 0 Å². The van der Waals surface area contributed by atoms with Gasteiger partial charge in [0.1, 0.15) is 11.5 Å². The molecule has 0 aliphatic heterocycles. The Hall–Kier alpha value is -3.76. The van der Waals surface area contributed by atoms with Crippen molar-refractivity contribution < 1.29 is 45.3 Å². The number of hydrogen-bond donors (Lipinski definition) is 0. The second-order valence-electron chi connectivity index (χ2n) is 6.16. The van der Waals surface area contributed by atoms with Crippen LogP contribution in [0.4, 0.5) is 26.3 Å². The zero-order valence-electron chi connectivity index (χ0n) is 16.1. The molecule has 0 amide bonds. The van der Waals surface area contributed by atoms with E-state index >= 15 is 0 Å². The summed E-state index contributed by atoms with van der Waals surface area (Å²) in [7, 11) is 1.05. The molecular weight excluding hydrogens is 444 g/mol. The molecule has 1 heterocycles. The lowest BCUT2D eigenvalue weighted by Gasteiger charge is -2.19. The Morgan fingerprint density at radius 3 is 1.81 bits per heavy atom. The minimum atomic E-state index is -5.07. The molecule has 3 rings (SSSR count). The van der Waals surface area contributed by atoms with Crippen molar-refractivity contribution in [1.29, 1.82) is 0 Å². The van der Waals surface area contributed by atoms with Crippen molar-refractivity contribution in [1.82, 2.24) is 4.98 Å². The third-order valence-electron chi connectivity index (χ3n) is 4.11. The van der Waals surface area contributed by atoms with Gasteiger partial charge in [-0.15, -0.1) is 26.3 Å². The molecule has 0 saturated carbocycles. The quantitative estimate of drug-likeness (QED) is 0.348. The van der Waals surface area contributed by atoms with E-state index in [-0.39, 0.29) is 27.9 Å². The maximum absolute atomic E-state index is 13.0. The van der Waals surface area contributed by atoms with Gasteiger partial charge in [-0.1, -0.05) is 30.3 Å². The number of methoxy groups -OCH3 is 1. The summed E-state index contributed by atoms with van der Waals surface area (Å²) in [6.45, 7) is 0. The third kappa shape index (κ3) is 5.29. The molecule has 2 aromatic carbocycles. The minimum Gasteiger partial charge on any atom is -0.465 e. The summed E-state index contributed by atoms with van der Waals surface area (Å²) >= 11 is 0. The maximum Gasteiger partial charge on any atom is 0.573 e. The van der Waals surface area contributed by atoms with Crippen LogP contribution in [0.3, 0.4) is 0 Å². The lowest BCUT2D eigenvalue weighted by molar-refractivity contribution is -0.275. The summed E-state index contributed by atoms with van der Waals surface area (Å²) in [6, 6.07) is 10.9. The van der Waals surface area contributed by atoms with Gasteiger partial charge in [-0.2, -0.15) is 0 Å². The van der Waals surface area contributed by atoms with E-state index in [0.29, 0.717) is 0 Å². The zero-order chi connectivity index (χ0) is 23.5. The molecule has 11 heteroatoms. The standard InChI is InChI=1S/C21H13F6NO4/c1-30-19(29)14-10-11-28-18(13-7-3-5-9-16(13)32-21(25,26)27)17(14)12-6-2-4-8-15(12)31-20(22,23)24/h2-11H,1H3. The molecule has 32 heavy (non-hydrogen) atoms. The van der Waals surface area contributed by atoms with Gasteiger partial charge in [0.05, 0.1) is 18.4 Å². The van der Waals surface area contributed by atoms with E-state index < -0.39 is 30.2 Å². The van der Waals surface area contributed by atoms with E-state index in [1.807, 2.05) is 0 Å². The van der Waals surface area contributed by atoms with Crippen molar-refractivity contribution in [2.75, 3.05) is 7.11 Å². The van der Waals surface area contributed by atoms with Gasteiger partial charge in [0.25, 0.3) is 0 Å². The van der Waals surface area contributed by atoms with Crippen LogP contribution in [0.2, 0.25) is 0 Å². The van der Waals surface area contributed by atoms with E-state index in [0.717, 1.165) is 25.4 Å². The fourth-order valence-electron chi connectivity index (χ4n) is 2.98. The van der Waals surface area contributed by atoms with Gasteiger partial charge in [-0.05, 0) is 24.3 Å². The number of para-hydroxylation sites is 2. The molecule has 5 nitrogen and oxygen atoms in total. The molecule has 0 saturated heterocycles. The van der Waals surface area contributed by atoms with Crippen molar-refractivity contribution in [2.24, 2.45) is 0 Å². The van der Waals surface area contributed by atoms with E-state index in [2.05, 4.69) is 14.5 Å². The van der Waals surface area contributed by atoms with Crippen LogP contribution in [0.15, 0.2) is 60.8 Å². The molecule has 0 atom stereocenters. The molecule has 0 radical (unpaired) electrons. The number of nitrogens with zero attached hydrogens (tertiary/aromatic N) is 1. The number of ether oxygens (including phenoxy) is 3. The van der Waals surface area contributed by atoms with E-state index in [1.165, 1.54) is 42.5 Å². The Labute approximate surface area is 177 Å². The highest BCUT2D eigenvalue weighted by molar-refractivity contribution is 6.02. The second kappa shape index (κ2) is 8.77. The SMILES string of the molecule is COC(=O)c1ccnc(-c2ccccc2OC(F)(F)F)c1-c1ccccc1OC(F)(F)F. The average Bonchev–Trinajstić information content (AvgIpc) is 2.71. The molecular formula is C21H13F6NO4. The van der Waals surface area contributed by atoms with Gasteiger partial charge < -0.3 is 14.2 Å². The number of aromatic nitrogens is 1. The summed E-state index contributed by atoms with van der Waals surface area (Å²) in [5.74, 6) is -2.29. The highest BCUT2D eigenvalue weighted by Gasteiger charge is 2.35. The first kappa shape index (κ1) is 22.9. The lowest BCUT2D eigenvalue weighted by atomic mass is 9.93. The van der Waals surface area contributed by atoms with Crippen LogP contribution in [-0.4, -0.2) is 30.8 Å². The van der Waals surface area contributed by atoms with Gasteiger partial charge >= 0.3 is 18.7 Å². The van der Waals surface area contributed by atoms with Crippen LogP contribution < -0.4 is 9.47 Å². The Morgan fingerprint density at radius 1 is 0.781 bits per heavy atom. The molecule has 0 spiro atoms. The molecule has 168 valence electrons. The largest absolute Gasteiger partial charge is 0.573 e. The van der Waals surface area contributed by atoms with Gasteiger partial charge in [-0.3, -0.25) is 4.98 Å². The summed E-state index contributed by atoms with van der Waals surface area (Å²) < 4.78 is 90.4. The fraction of sp³-hybridized carbons (Fsp3) is 0.143. The zero-order valence-corrected chi connectivity index (χ0v) is 16.1. The molecule has 0 unspecified atom stereocenters. The van der Waals surface area contributed by atoms with E-state index in [4.69, 9.17) is 4.74 Å². The summed E-state index contributed by atoms with van der Waals surface area (Å²) in [4.78, 5) is 16.4. The number of halogens is 6. The van der Waals surface area contributed by atoms with E-state index in [1.54, 1.807) is 0 Å². The highest BCUT2D eigenvalue weighted by Crippen LogP contribution is 2.43. The predicted molar refractivity (Wildman–Crippen MR) is 99.8 cm³/mol. The topological polar surface area (TPSA) is 57.7 Å². The number of benzene rings is 2.